The fourth-order valence-electron chi connectivity index (χ4n) is 0.833. The molecular weight excluding hydrogens is 130 g/mol. The van der Waals surface area contributed by atoms with Crippen LogP contribution in [0.4, 0.5) is 4.79 Å². The molecule has 0 heterocycles. The van der Waals surface area contributed by atoms with E-state index in [1.807, 2.05) is 13.8 Å². The average molecular weight is 145 g/mol. The monoisotopic (exact) mass is 145 g/mol. The normalized spacial score (nSPS) is 12.6. The van der Waals surface area contributed by atoms with E-state index in [1.54, 1.807) is 0 Å². The second kappa shape index (κ2) is 5.09. The van der Waals surface area contributed by atoms with Gasteiger partial charge in [0.1, 0.15) is 6.10 Å². The molecule has 0 saturated heterocycles. The molecule has 1 atom stereocenters. The molecule has 0 aliphatic carbocycles. The fourth-order valence-corrected chi connectivity index (χ4v) is 0.833. The Morgan fingerprint density at radius 1 is 1.60 bits per heavy atom. The molecule has 10 heavy (non-hydrogen) atoms. The van der Waals surface area contributed by atoms with Crippen molar-refractivity contribution in [2.45, 2.75) is 39.2 Å². The molecule has 0 aromatic heterocycles. The zero-order chi connectivity index (χ0) is 7.98. The summed E-state index contributed by atoms with van der Waals surface area (Å²) in [5.41, 5.74) is 4.84. The SMILES string of the molecule is CCC[C@@H](CC)OC(N)=O. The van der Waals surface area contributed by atoms with Crippen LogP contribution in [0, 0.1) is 0 Å². The van der Waals surface area contributed by atoms with Crippen LogP contribution in [0.25, 0.3) is 0 Å². The van der Waals surface area contributed by atoms with Crippen LogP contribution < -0.4 is 5.73 Å². The maximum absolute atomic E-state index is 10.2. The van der Waals surface area contributed by atoms with E-state index in [0.717, 1.165) is 19.3 Å². The molecule has 3 heteroatoms. The number of carbonyl (C=O) groups is 1. The molecule has 0 unspecified atom stereocenters. The molecular formula is C7H15NO2. The number of nitrogens with two attached hydrogens (primary N) is 1. The molecule has 0 aromatic carbocycles. The zero-order valence-electron chi connectivity index (χ0n) is 6.59. The molecule has 0 radical (unpaired) electrons. The molecule has 0 fully saturated rings. The van der Waals surface area contributed by atoms with Crippen LogP contribution in [0.5, 0.6) is 0 Å². The smallest absolute Gasteiger partial charge is 0.404 e. The molecule has 0 bridgehead atoms. The lowest BCUT2D eigenvalue weighted by Crippen LogP contribution is -2.21. The van der Waals surface area contributed by atoms with E-state index < -0.39 is 6.09 Å². The Hall–Kier alpha value is -0.730. The van der Waals surface area contributed by atoms with Crippen LogP contribution >= 0.6 is 0 Å². The molecule has 2 N–H and O–H groups in total. The van der Waals surface area contributed by atoms with Gasteiger partial charge >= 0.3 is 6.09 Å². The number of primary amides is 1. The average Bonchev–Trinajstić information content (AvgIpc) is 1.86. The van der Waals surface area contributed by atoms with Gasteiger partial charge in [0.2, 0.25) is 0 Å². The molecule has 1 amide bonds. The standard InChI is InChI=1S/C7H15NO2/c1-3-5-6(4-2)10-7(8)9/h6H,3-5H2,1-2H3,(H2,8,9)/t6-/m1/s1. The van der Waals surface area contributed by atoms with E-state index in [-0.39, 0.29) is 6.10 Å². The van der Waals surface area contributed by atoms with Gasteiger partial charge in [-0.2, -0.15) is 0 Å². The largest absolute Gasteiger partial charge is 0.446 e. The van der Waals surface area contributed by atoms with Crippen LogP contribution in [-0.2, 0) is 4.74 Å². The van der Waals surface area contributed by atoms with Crippen LogP contribution in [0.15, 0.2) is 0 Å². The molecule has 0 aliphatic heterocycles. The van der Waals surface area contributed by atoms with Gasteiger partial charge in [0.25, 0.3) is 0 Å². The van der Waals surface area contributed by atoms with Crippen molar-refractivity contribution in [3.8, 4) is 0 Å². The highest BCUT2D eigenvalue weighted by Crippen LogP contribution is 2.05. The summed E-state index contributed by atoms with van der Waals surface area (Å²) in [5, 5.41) is 0. The molecule has 3 nitrogen and oxygen atoms in total. The van der Waals surface area contributed by atoms with Crippen molar-refractivity contribution in [2.75, 3.05) is 0 Å². The van der Waals surface area contributed by atoms with Gasteiger partial charge in [-0.1, -0.05) is 20.3 Å². The quantitative estimate of drug-likeness (QED) is 0.654. The number of carbonyl (C=O) groups excluding carboxylic acids is 1. The molecule has 60 valence electrons. The van der Waals surface area contributed by atoms with Crippen molar-refractivity contribution in [3.63, 3.8) is 0 Å². The number of rotatable bonds is 4. The Kier molecular flexibility index (Phi) is 4.72. The Balaban J connectivity index is 3.49. The summed E-state index contributed by atoms with van der Waals surface area (Å²) in [5.74, 6) is 0. The van der Waals surface area contributed by atoms with Gasteiger partial charge in [-0.25, -0.2) is 4.79 Å². The first-order valence-corrected chi connectivity index (χ1v) is 3.66. The number of amides is 1. The summed E-state index contributed by atoms with van der Waals surface area (Å²) in [7, 11) is 0. The molecule has 0 saturated carbocycles. The first-order valence-electron chi connectivity index (χ1n) is 3.66. The lowest BCUT2D eigenvalue weighted by Gasteiger charge is -2.12. The van der Waals surface area contributed by atoms with Crippen LogP contribution in [0.2, 0.25) is 0 Å². The summed E-state index contributed by atoms with van der Waals surface area (Å²) < 4.78 is 4.78. The highest BCUT2D eigenvalue weighted by Gasteiger charge is 2.07. The van der Waals surface area contributed by atoms with E-state index in [2.05, 4.69) is 0 Å². The van der Waals surface area contributed by atoms with E-state index in [9.17, 15) is 4.79 Å². The maximum atomic E-state index is 10.2. The lowest BCUT2D eigenvalue weighted by atomic mass is 10.2. The number of hydrogen-bond acceptors (Lipinski definition) is 2. The van der Waals surface area contributed by atoms with Gasteiger partial charge in [-0.05, 0) is 12.8 Å². The lowest BCUT2D eigenvalue weighted by molar-refractivity contribution is 0.0983. The Morgan fingerprint density at radius 3 is 2.50 bits per heavy atom. The van der Waals surface area contributed by atoms with E-state index in [0.29, 0.717) is 0 Å². The van der Waals surface area contributed by atoms with Crippen molar-refractivity contribution in [2.24, 2.45) is 5.73 Å². The van der Waals surface area contributed by atoms with E-state index in [1.165, 1.54) is 0 Å². The van der Waals surface area contributed by atoms with Crippen molar-refractivity contribution in [1.82, 2.24) is 0 Å². The highest BCUT2D eigenvalue weighted by atomic mass is 16.6. The van der Waals surface area contributed by atoms with Crippen molar-refractivity contribution < 1.29 is 9.53 Å². The summed E-state index contributed by atoms with van der Waals surface area (Å²) >= 11 is 0. The van der Waals surface area contributed by atoms with Crippen molar-refractivity contribution in [3.05, 3.63) is 0 Å². The van der Waals surface area contributed by atoms with E-state index >= 15 is 0 Å². The maximum Gasteiger partial charge on any atom is 0.404 e. The summed E-state index contributed by atoms with van der Waals surface area (Å²) in [4.78, 5) is 10.2. The molecule has 0 rings (SSSR count). The third-order valence-electron chi connectivity index (χ3n) is 1.35. The zero-order valence-corrected chi connectivity index (χ0v) is 6.59. The molecule has 0 spiro atoms. The van der Waals surface area contributed by atoms with Gasteiger partial charge < -0.3 is 10.5 Å². The molecule has 0 aromatic rings. The highest BCUT2D eigenvalue weighted by molar-refractivity contribution is 5.64. The number of hydrogen-bond donors (Lipinski definition) is 1. The predicted molar refractivity (Wildman–Crippen MR) is 39.7 cm³/mol. The summed E-state index contributed by atoms with van der Waals surface area (Å²) in [6, 6.07) is 0. The van der Waals surface area contributed by atoms with Gasteiger partial charge in [0, 0.05) is 0 Å². The first-order chi connectivity index (χ1) is 4.70. The third-order valence-corrected chi connectivity index (χ3v) is 1.35. The van der Waals surface area contributed by atoms with Gasteiger partial charge in [-0.15, -0.1) is 0 Å². The summed E-state index contributed by atoms with van der Waals surface area (Å²) in [6.45, 7) is 4.02. The Bertz CT molecular complexity index is 104. The topological polar surface area (TPSA) is 52.3 Å². The molecule has 0 aliphatic rings. The minimum Gasteiger partial charge on any atom is -0.446 e. The first kappa shape index (κ1) is 9.27. The van der Waals surface area contributed by atoms with Crippen LogP contribution in [0.1, 0.15) is 33.1 Å². The van der Waals surface area contributed by atoms with Gasteiger partial charge in [-0.3, -0.25) is 0 Å². The number of ether oxygens (including phenoxy) is 1. The minimum absolute atomic E-state index is 0.0162. The Morgan fingerprint density at radius 2 is 2.20 bits per heavy atom. The predicted octanol–water partition coefficient (Wildman–Crippen LogP) is 1.66. The van der Waals surface area contributed by atoms with Gasteiger partial charge in [0.15, 0.2) is 0 Å². The van der Waals surface area contributed by atoms with Gasteiger partial charge in [0.05, 0.1) is 0 Å². The fraction of sp³-hybridized carbons (Fsp3) is 0.857. The minimum atomic E-state index is -0.666. The third kappa shape index (κ3) is 4.18. The van der Waals surface area contributed by atoms with Crippen LogP contribution in [0.3, 0.4) is 0 Å². The summed E-state index contributed by atoms with van der Waals surface area (Å²) in [6.07, 6.45) is 2.12. The Labute approximate surface area is 61.5 Å². The van der Waals surface area contributed by atoms with Crippen molar-refractivity contribution in [1.29, 1.82) is 0 Å². The second-order valence-corrected chi connectivity index (χ2v) is 2.26. The van der Waals surface area contributed by atoms with Crippen molar-refractivity contribution >= 4 is 6.09 Å². The van der Waals surface area contributed by atoms with E-state index in [4.69, 9.17) is 10.5 Å². The second-order valence-electron chi connectivity index (χ2n) is 2.26. The van der Waals surface area contributed by atoms with Crippen LogP contribution in [-0.4, -0.2) is 12.2 Å².